The number of carboxylic acids is 1. The number of carbonyl (C=O) groups is 2. The van der Waals surface area contributed by atoms with E-state index in [-0.39, 0.29) is 29.2 Å². The van der Waals surface area contributed by atoms with E-state index >= 15 is 0 Å². The number of ether oxygens (including phenoxy) is 1. The second kappa shape index (κ2) is 8.52. The van der Waals surface area contributed by atoms with Crippen LogP contribution in [-0.4, -0.2) is 68.4 Å². The van der Waals surface area contributed by atoms with Gasteiger partial charge < -0.3 is 24.2 Å². The topological polar surface area (TPSA) is 118 Å². The van der Waals surface area contributed by atoms with Gasteiger partial charge in [0.05, 0.1) is 5.69 Å². The first kappa shape index (κ1) is 22.5. The Bertz CT molecular complexity index is 1060. The van der Waals surface area contributed by atoms with Crippen molar-refractivity contribution in [2.75, 3.05) is 31.1 Å². The van der Waals surface area contributed by atoms with Gasteiger partial charge in [-0.15, -0.1) is 0 Å². The maximum absolute atomic E-state index is 13.3. The molecule has 2 aromatic rings. The van der Waals surface area contributed by atoms with Crippen molar-refractivity contribution in [1.82, 2.24) is 19.4 Å². The van der Waals surface area contributed by atoms with Crippen LogP contribution in [0.2, 0.25) is 0 Å². The number of nitrogens with zero attached hydrogens (tertiary/aromatic N) is 5. The van der Waals surface area contributed by atoms with Gasteiger partial charge in [-0.3, -0.25) is 9.59 Å². The number of hydrogen-bond donors (Lipinski definition) is 1. The molecule has 0 aliphatic carbocycles. The first-order valence-electron chi connectivity index (χ1n) is 10.4. The summed E-state index contributed by atoms with van der Waals surface area (Å²) < 4.78 is 7.00. The average Bonchev–Trinajstić information content (AvgIpc) is 2.68. The lowest BCUT2D eigenvalue weighted by Gasteiger charge is -2.37. The van der Waals surface area contributed by atoms with Gasteiger partial charge in [-0.2, -0.15) is 0 Å². The Hall–Kier alpha value is -3.17. The summed E-state index contributed by atoms with van der Waals surface area (Å²) in [6, 6.07) is 0. The van der Waals surface area contributed by atoms with Crippen LogP contribution in [0.15, 0.2) is 11.0 Å². The largest absolute Gasteiger partial charge is 0.480 e. The number of aromatic nitrogens is 3. The molecule has 0 spiro atoms. The summed E-state index contributed by atoms with van der Waals surface area (Å²) >= 11 is 0. The summed E-state index contributed by atoms with van der Waals surface area (Å²) in [5, 5.41) is 9.46. The fourth-order valence-electron chi connectivity index (χ4n) is 3.74. The van der Waals surface area contributed by atoms with E-state index in [9.17, 15) is 19.5 Å². The van der Waals surface area contributed by atoms with Crippen LogP contribution in [-0.2, 0) is 22.5 Å². The zero-order valence-corrected chi connectivity index (χ0v) is 18.6. The molecule has 1 aliphatic rings. The monoisotopic (exact) mass is 431 g/mol. The second-order valence-electron chi connectivity index (χ2n) is 8.60. The van der Waals surface area contributed by atoms with Crippen molar-refractivity contribution >= 4 is 28.9 Å². The maximum Gasteiger partial charge on any atom is 0.410 e. The van der Waals surface area contributed by atoms with Crippen molar-refractivity contribution in [1.29, 1.82) is 0 Å². The van der Waals surface area contributed by atoms with Gasteiger partial charge in [0.2, 0.25) is 5.43 Å². The lowest BCUT2D eigenvalue weighted by molar-refractivity contribution is -0.137. The minimum atomic E-state index is -1.02. The molecule has 3 rings (SSSR count). The van der Waals surface area contributed by atoms with Crippen LogP contribution in [0.5, 0.6) is 0 Å². The highest BCUT2D eigenvalue weighted by Gasteiger charge is 2.29. The number of amides is 1. The van der Waals surface area contributed by atoms with Crippen molar-refractivity contribution in [3.63, 3.8) is 0 Å². The molecule has 1 N–H and O–H groups in total. The minimum Gasteiger partial charge on any atom is -0.480 e. The number of carbonyl (C=O) groups excluding carboxylic acids is 1. The molecule has 1 fully saturated rings. The SMILES string of the molecule is CCc1c(N2CCN(C(=O)OC(C)(C)C)CC2)c(=O)c2ncc(C)nc2n1CC(=O)O. The number of carboxylic acid groups (broad SMARTS) is 1. The van der Waals surface area contributed by atoms with Crippen molar-refractivity contribution in [3.05, 3.63) is 27.8 Å². The summed E-state index contributed by atoms with van der Waals surface area (Å²) in [4.78, 5) is 49.5. The fraction of sp³-hybridized carbons (Fsp3) is 0.571. The third kappa shape index (κ3) is 4.78. The fourth-order valence-corrected chi connectivity index (χ4v) is 3.74. The molecule has 10 heteroatoms. The second-order valence-corrected chi connectivity index (χ2v) is 8.60. The van der Waals surface area contributed by atoms with Gasteiger partial charge in [-0.05, 0) is 34.1 Å². The van der Waals surface area contributed by atoms with E-state index in [2.05, 4.69) is 9.97 Å². The van der Waals surface area contributed by atoms with Gasteiger partial charge in [0.15, 0.2) is 11.2 Å². The third-order valence-electron chi connectivity index (χ3n) is 5.04. The van der Waals surface area contributed by atoms with Crippen LogP contribution in [0.4, 0.5) is 10.5 Å². The molecule has 0 unspecified atom stereocenters. The smallest absolute Gasteiger partial charge is 0.410 e. The third-order valence-corrected chi connectivity index (χ3v) is 5.04. The Labute approximate surface area is 180 Å². The van der Waals surface area contributed by atoms with Crippen LogP contribution in [0, 0.1) is 6.92 Å². The Morgan fingerprint density at radius 1 is 1.19 bits per heavy atom. The van der Waals surface area contributed by atoms with Gasteiger partial charge in [0.25, 0.3) is 0 Å². The standard InChI is InChI=1S/C21H29N5O5/c1-6-14-17(24-7-9-25(10-8-24)20(30)31-21(3,4)5)18(29)16-19(23-13(2)11-22-16)26(14)12-15(27)28/h11H,6-10,12H2,1-5H3,(H,27,28). The number of anilines is 1. The Balaban J connectivity index is 2.00. The van der Waals surface area contributed by atoms with E-state index in [4.69, 9.17) is 4.74 Å². The number of piperazine rings is 1. The molecule has 0 aromatic carbocycles. The molecule has 31 heavy (non-hydrogen) atoms. The molecule has 1 aliphatic heterocycles. The number of hydrogen-bond acceptors (Lipinski definition) is 7. The van der Waals surface area contributed by atoms with Gasteiger partial charge in [-0.1, -0.05) is 6.92 Å². The van der Waals surface area contributed by atoms with Crippen LogP contribution in [0.3, 0.4) is 0 Å². The molecule has 1 amide bonds. The molecular formula is C21H29N5O5. The summed E-state index contributed by atoms with van der Waals surface area (Å²) in [5.41, 5.74) is 1.21. The summed E-state index contributed by atoms with van der Waals surface area (Å²) in [6.07, 6.45) is 1.58. The normalized spacial score (nSPS) is 14.7. The number of pyridine rings is 1. The highest BCUT2D eigenvalue weighted by atomic mass is 16.6. The van der Waals surface area contributed by atoms with Crippen molar-refractivity contribution in [3.8, 4) is 0 Å². The molecule has 168 valence electrons. The maximum atomic E-state index is 13.3. The van der Waals surface area contributed by atoms with Crippen LogP contribution in [0.1, 0.15) is 39.1 Å². The number of aliphatic carboxylic acids is 1. The Kier molecular flexibility index (Phi) is 6.19. The predicted octanol–water partition coefficient (Wildman–Crippen LogP) is 1.80. The minimum absolute atomic E-state index is 0.147. The molecule has 0 radical (unpaired) electrons. The van der Waals surface area contributed by atoms with E-state index in [1.807, 2.05) is 32.6 Å². The van der Waals surface area contributed by atoms with Crippen molar-refractivity contribution in [2.24, 2.45) is 0 Å². The molecule has 0 saturated carbocycles. The van der Waals surface area contributed by atoms with Crippen LogP contribution < -0.4 is 10.3 Å². The van der Waals surface area contributed by atoms with E-state index in [0.29, 0.717) is 49.7 Å². The quantitative estimate of drug-likeness (QED) is 0.779. The predicted molar refractivity (Wildman–Crippen MR) is 116 cm³/mol. The van der Waals surface area contributed by atoms with Gasteiger partial charge in [0, 0.05) is 38.1 Å². The van der Waals surface area contributed by atoms with E-state index in [1.165, 1.54) is 6.20 Å². The average molecular weight is 431 g/mol. The van der Waals surface area contributed by atoms with E-state index < -0.39 is 11.6 Å². The zero-order chi connectivity index (χ0) is 22.9. The number of aryl methyl sites for hydroxylation is 1. The highest BCUT2D eigenvalue weighted by Crippen LogP contribution is 2.24. The molecule has 3 heterocycles. The van der Waals surface area contributed by atoms with Gasteiger partial charge >= 0.3 is 12.1 Å². The van der Waals surface area contributed by atoms with Gasteiger partial charge in [0.1, 0.15) is 17.8 Å². The first-order valence-corrected chi connectivity index (χ1v) is 10.4. The van der Waals surface area contributed by atoms with Crippen molar-refractivity contribution in [2.45, 2.75) is 53.2 Å². The van der Waals surface area contributed by atoms with E-state index in [0.717, 1.165) is 0 Å². The van der Waals surface area contributed by atoms with Gasteiger partial charge in [-0.25, -0.2) is 14.8 Å². The molecule has 1 saturated heterocycles. The molecule has 0 atom stereocenters. The number of fused-ring (bicyclic) bond motifs is 1. The summed E-state index contributed by atoms with van der Waals surface area (Å²) in [5.74, 6) is -1.02. The first-order chi connectivity index (χ1) is 14.5. The Morgan fingerprint density at radius 3 is 2.39 bits per heavy atom. The summed E-state index contributed by atoms with van der Waals surface area (Å²) in [6.45, 7) is 10.4. The van der Waals surface area contributed by atoms with Crippen molar-refractivity contribution < 1.29 is 19.4 Å². The lowest BCUT2D eigenvalue weighted by atomic mass is 10.1. The van der Waals surface area contributed by atoms with E-state index in [1.54, 1.807) is 16.4 Å². The van der Waals surface area contributed by atoms with Crippen LogP contribution >= 0.6 is 0 Å². The zero-order valence-electron chi connectivity index (χ0n) is 18.6. The highest BCUT2D eigenvalue weighted by molar-refractivity contribution is 5.79. The number of rotatable bonds is 4. The molecule has 10 nitrogen and oxygen atoms in total. The Morgan fingerprint density at radius 2 is 1.84 bits per heavy atom. The molecule has 2 aromatic heterocycles. The molecule has 0 bridgehead atoms. The van der Waals surface area contributed by atoms with Crippen LogP contribution in [0.25, 0.3) is 11.2 Å². The lowest BCUT2D eigenvalue weighted by Crippen LogP contribution is -2.51. The molecular weight excluding hydrogens is 402 g/mol. The summed E-state index contributed by atoms with van der Waals surface area (Å²) in [7, 11) is 0.